The molecule has 0 N–H and O–H groups in total. The zero-order valence-electron chi connectivity index (χ0n) is 13.2. The molecule has 0 spiro atoms. The van der Waals surface area contributed by atoms with Gasteiger partial charge in [-0.25, -0.2) is 9.78 Å². The van der Waals surface area contributed by atoms with E-state index in [0.29, 0.717) is 17.0 Å². The zero-order valence-corrected chi connectivity index (χ0v) is 13.2. The Kier molecular flexibility index (Phi) is 3.28. The molecular formula is C14H15N5O4. The number of Topliss-reactive ketones (excluding diaryl/α,β-unsaturated/α-hetero) is 1. The number of carbonyl (C=O) groups excluding carboxylic acids is 1. The van der Waals surface area contributed by atoms with Crippen molar-refractivity contribution in [2.24, 2.45) is 14.1 Å². The van der Waals surface area contributed by atoms with E-state index in [1.807, 2.05) is 0 Å². The van der Waals surface area contributed by atoms with Crippen molar-refractivity contribution in [3.05, 3.63) is 44.2 Å². The Hall–Kier alpha value is -2.97. The first-order valence-electron chi connectivity index (χ1n) is 6.89. The predicted molar refractivity (Wildman–Crippen MR) is 80.5 cm³/mol. The van der Waals surface area contributed by atoms with E-state index in [1.165, 1.54) is 29.6 Å². The van der Waals surface area contributed by atoms with Crippen molar-refractivity contribution in [3.8, 4) is 0 Å². The van der Waals surface area contributed by atoms with Crippen LogP contribution >= 0.6 is 0 Å². The molecule has 0 aliphatic rings. The summed E-state index contributed by atoms with van der Waals surface area (Å²) in [6.07, 6.45) is 1.38. The maximum absolute atomic E-state index is 12.5. The molecule has 0 radical (unpaired) electrons. The van der Waals surface area contributed by atoms with Gasteiger partial charge in [0.25, 0.3) is 5.56 Å². The number of hydrogen-bond acceptors (Lipinski definition) is 6. The third-order valence-electron chi connectivity index (χ3n) is 3.84. The van der Waals surface area contributed by atoms with Gasteiger partial charge in [0, 0.05) is 14.1 Å². The second-order valence-electron chi connectivity index (χ2n) is 5.37. The molecule has 0 aliphatic heterocycles. The number of aromatic nitrogens is 5. The minimum absolute atomic E-state index is 0.0904. The highest BCUT2D eigenvalue weighted by Crippen LogP contribution is 2.15. The van der Waals surface area contributed by atoms with Gasteiger partial charge in [-0.2, -0.15) is 0 Å². The van der Waals surface area contributed by atoms with Crippen molar-refractivity contribution in [1.29, 1.82) is 0 Å². The lowest BCUT2D eigenvalue weighted by Crippen LogP contribution is -2.37. The van der Waals surface area contributed by atoms with Crippen LogP contribution in [-0.4, -0.2) is 29.6 Å². The van der Waals surface area contributed by atoms with Crippen molar-refractivity contribution >= 4 is 16.9 Å². The molecule has 23 heavy (non-hydrogen) atoms. The topological polar surface area (TPSA) is 105 Å². The molecule has 9 nitrogen and oxygen atoms in total. The SMILES string of the molecule is Cc1noc(C)c1C(=O)Cn1cnc2c1c(=O)n(C)c(=O)n2C. The van der Waals surface area contributed by atoms with Crippen LogP contribution in [0.15, 0.2) is 20.4 Å². The summed E-state index contributed by atoms with van der Waals surface area (Å²) in [5.41, 5.74) is 0.377. The quantitative estimate of drug-likeness (QED) is 0.626. The van der Waals surface area contributed by atoms with Crippen molar-refractivity contribution in [1.82, 2.24) is 23.8 Å². The van der Waals surface area contributed by atoms with Crippen LogP contribution in [0.2, 0.25) is 0 Å². The van der Waals surface area contributed by atoms with E-state index in [4.69, 9.17) is 4.52 Å². The lowest BCUT2D eigenvalue weighted by Gasteiger charge is -2.06. The highest BCUT2D eigenvalue weighted by Gasteiger charge is 2.20. The highest BCUT2D eigenvalue weighted by atomic mass is 16.5. The Labute approximate surface area is 129 Å². The van der Waals surface area contributed by atoms with Crippen molar-refractivity contribution in [2.75, 3.05) is 0 Å². The van der Waals surface area contributed by atoms with Crippen LogP contribution in [0.1, 0.15) is 21.8 Å². The van der Waals surface area contributed by atoms with Gasteiger partial charge in [0.15, 0.2) is 16.9 Å². The summed E-state index contributed by atoms with van der Waals surface area (Å²) < 4.78 is 8.69. The minimum atomic E-state index is -0.493. The summed E-state index contributed by atoms with van der Waals surface area (Å²) in [6.45, 7) is 3.24. The maximum Gasteiger partial charge on any atom is 0.332 e. The zero-order chi connectivity index (χ0) is 16.9. The summed E-state index contributed by atoms with van der Waals surface area (Å²) in [6, 6.07) is 0. The van der Waals surface area contributed by atoms with Crippen LogP contribution in [0, 0.1) is 13.8 Å². The second-order valence-corrected chi connectivity index (χ2v) is 5.37. The molecule has 0 aromatic carbocycles. The Morgan fingerprint density at radius 3 is 2.52 bits per heavy atom. The van der Waals surface area contributed by atoms with Gasteiger partial charge in [-0.3, -0.25) is 18.7 Å². The fraction of sp³-hybridized carbons (Fsp3) is 0.357. The summed E-state index contributed by atoms with van der Waals surface area (Å²) in [4.78, 5) is 40.8. The summed E-state index contributed by atoms with van der Waals surface area (Å²) in [5.74, 6) is 0.189. The van der Waals surface area contributed by atoms with Crippen LogP contribution in [0.5, 0.6) is 0 Å². The van der Waals surface area contributed by atoms with Gasteiger partial charge < -0.3 is 9.09 Å². The molecule has 0 unspecified atom stereocenters. The van der Waals surface area contributed by atoms with Gasteiger partial charge in [-0.1, -0.05) is 5.16 Å². The Morgan fingerprint density at radius 1 is 1.22 bits per heavy atom. The molecule has 3 heterocycles. The Morgan fingerprint density at radius 2 is 1.91 bits per heavy atom. The van der Waals surface area contributed by atoms with Crippen LogP contribution in [0.25, 0.3) is 11.2 Å². The largest absolute Gasteiger partial charge is 0.361 e. The lowest BCUT2D eigenvalue weighted by molar-refractivity contribution is 0.0971. The van der Waals surface area contributed by atoms with Gasteiger partial charge >= 0.3 is 5.69 Å². The Balaban J connectivity index is 2.14. The molecule has 0 bridgehead atoms. The van der Waals surface area contributed by atoms with Crippen molar-refractivity contribution in [3.63, 3.8) is 0 Å². The molecule has 0 fully saturated rings. The van der Waals surface area contributed by atoms with Gasteiger partial charge in [0.2, 0.25) is 0 Å². The van der Waals surface area contributed by atoms with E-state index in [0.717, 1.165) is 4.57 Å². The molecule has 0 aliphatic carbocycles. The van der Waals surface area contributed by atoms with Crippen LogP contribution in [0.4, 0.5) is 0 Å². The van der Waals surface area contributed by atoms with Crippen LogP contribution in [0.3, 0.4) is 0 Å². The summed E-state index contributed by atoms with van der Waals surface area (Å²) in [5, 5.41) is 3.75. The molecule has 0 atom stereocenters. The predicted octanol–water partition coefficient (Wildman–Crippen LogP) is -0.0786. The van der Waals surface area contributed by atoms with E-state index in [9.17, 15) is 14.4 Å². The normalized spacial score (nSPS) is 11.3. The van der Waals surface area contributed by atoms with Gasteiger partial charge in [-0.15, -0.1) is 0 Å². The highest BCUT2D eigenvalue weighted by molar-refractivity contribution is 5.98. The maximum atomic E-state index is 12.5. The second kappa shape index (κ2) is 5.04. The fourth-order valence-corrected chi connectivity index (χ4v) is 2.63. The molecule has 0 saturated carbocycles. The number of fused-ring (bicyclic) bond motifs is 1. The fourth-order valence-electron chi connectivity index (χ4n) is 2.63. The number of aryl methyl sites for hydroxylation is 3. The minimum Gasteiger partial charge on any atom is -0.361 e. The first-order valence-corrected chi connectivity index (χ1v) is 6.89. The molecule has 0 saturated heterocycles. The molecule has 3 rings (SSSR count). The Bertz CT molecular complexity index is 1030. The number of hydrogen-bond donors (Lipinski definition) is 0. The van der Waals surface area contributed by atoms with E-state index >= 15 is 0 Å². The van der Waals surface area contributed by atoms with Gasteiger partial charge in [-0.05, 0) is 13.8 Å². The molecule has 0 amide bonds. The van der Waals surface area contributed by atoms with Gasteiger partial charge in [0.1, 0.15) is 5.76 Å². The third-order valence-corrected chi connectivity index (χ3v) is 3.84. The average molecular weight is 317 g/mol. The molecule has 3 aromatic heterocycles. The van der Waals surface area contributed by atoms with Crippen LogP contribution < -0.4 is 11.2 Å². The number of rotatable bonds is 3. The third kappa shape index (κ3) is 2.12. The van der Waals surface area contributed by atoms with E-state index in [1.54, 1.807) is 13.8 Å². The first-order chi connectivity index (χ1) is 10.8. The number of nitrogens with zero attached hydrogens (tertiary/aromatic N) is 5. The van der Waals surface area contributed by atoms with E-state index in [-0.39, 0.29) is 23.5 Å². The van der Waals surface area contributed by atoms with Crippen LogP contribution in [-0.2, 0) is 20.6 Å². The van der Waals surface area contributed by atoms with E-state index in [2.05, 4.69) is 10.1 Å². The monoisotopic (exact) mass is 317 g/mol. The smallest absolute Gasteiger partial charge is 0.332 e. The summed E-state index contributed by atoms with van der Waals surface area (Å²) >= 11 is 0. The standard InChI is InChI=1S/C14H15N5O4/c1-7-10(8(2)23-16-7)9(20)5-19-6-15-12-11(19)13(21)18(4)14(22)17(12)3/h6H,5H2,1-4H3. The summed E-state index contributed by atoms with van der Waals surface area (Å²) in [7, 11) is 2.91. The average Bonchev–Trinajstić information content (AvgIpc) is 3.06. The molecule has 120 valence electrons. The molecule has 3 aromatic rings. The van der Waals surface area contributed by atoms with E-state index < -0.39 is 11.2 Å². The number of carbonyl (C=O) groups is 1. The molecular weight excluding hydrogens is 302 g/mol. The number of ketones is 1. The van der Waals surface area contributed by atoms with Gasteiger partial charge in [0.05, 0.1) is 24.1 Å². The lowest BCUT2D eigenvalue weighted by atomic mass is 10.1. The number of imidazole rings is 1. The molecule has 9 heteroatoms. The first kappa shape index (κ1) is 14.9. The van der Waals surface area contributed by atoms with Crippen molar-refractivity contribution in [2.45, 2.75) is 20.4 Å². The van der Waals surface area contributed by atoms with Crippen molar-refractivity contribution < 1.29 is 9.32 Å².